The van der Waals surface area contributed by atoms with E-state index < -0.39 is 10.0 Å². The minimum absolute atomic E-state index is 0.000887. The lowest BCUT2D eigenvalue weighted by molar-refractivity contribution is 0.153. The van der Waals surface area contributed by atoms with Crippen molar-refractivity contribution < 1.29 is 13.2 Å². The molecule has 0 aliphatic rings. The van der Waals surface area contributed by atoms with Gasteiger partial charge in [-0.25, -0.2) is 29.0 Å². The lowest BCUT2D eigenvalue weighted by atomic mass is 9.90. The smallest absolute Gasteiger partial charge is 0.243 e. The molecule has 1 aromatic rings. The fourth-order valence-electron chi connectivity index (χ4n) is 1.37. The van der Waals surface area contributed by atoms with Crippen LogP contribution in [0.2, 0.25) is 0 Å². The van der Waals surface area contributed by atoms with E-state index in [9.17, 15) is 8.42 Å². The van der Waals surface area contributed by atoms with Gasteiger partial charge in [0.2, 0.25) is 16.0 Å². The second-order valence-corrected chi connectivity index (χ2v) is 6.89. The zero-order valence-electron chi connectivity index (χ0n) is 11.9. The third kappa shape index (κ3) is 5.00. The molecule has 0 aliphatic carbocycles. The molecule has 1 aromatic heterocycles. The number of methoxy groups -OCH3 is 1. The average molecular weight is 303 g/mol. The predicted molar refractivity (Wildman–Crippen MR) is 75.3 cm³/mol. The van der Waals surface area contributed by atoms with Gasteiger partial charge >= 0.3 is 0 Å². The van der Waals surface area contributed by atoms with Gasteiger partial charge in [0.25, 0.3) is 0 Å². The molecular weight excluding hydrogens is 282 g/mol. The standard InChI is InChI=1S/C11H21N5O3S/c1-11(2,4-5-19-3)8-15-20(17,18)9-6-13-10(16-12)14-7-9/h6-7,15H,4-5,8,12H2,1-3H3,(H,13,14,16). The van der Waals surface area contributed by atoms with Crippen LogP contribution in [0.1, 0.15) is 20.3 Å². The molecule has 1 rings (SSSR count). The van der Waals surface area contributed by atoms with Gasteiger partial charge < -0.3 is 4.74 Å². The molecule has 0 saturated heterocycles. The third-order valence-corrected chi connectivity index (χ3v) is 4.15. The number of ether oxygens (including phenoxy) is 1. The van der Waals surface area contributed by atoms with Crippen LogP contribution < -0.4 is 16.0 Å². The van der Waals surface area contributed by atoms with Crippen LogP contribution in [0.15, 0.2) is 17.3 Å². The number of anilines is 1. The largest absolute Gasteiger partial charge is 0.385 e. The molecular formula is C11H21N5O3S. The van der Waals surface area contributed by atoms with Gasteiger partial charge in [-0.15, -0.1) is 0 Å². The van der Waals surface area contributed by atoms with Gasteiger partial charge in [0.05, 0.1) is 12.4 Å². The van der Waals surface area contributed by atoms with Crippen molar-refractivity contribution in [2.24, 2.45) is 11.3 Å². The molecule has 1 heterocycles. The average Bonchev–Trinajstić information content (AvgIpc) is 2.43. The molecule has 0 saturated carbocycles. The number of nitrogens with two attached hydrogens (primary N) is 1. The highest BCUT2D eigenvalue weighted by atomic mass is 32.2. The maximum Gasteiger partial charge on any atom is 0.243 e. The van der Waals surface area contributed by atoms with E-state index in [1.807, 2.05) is 13.8 Å². The Kier molecular flexibility index (Phi) is 5.81. The fraction of sp³-hybridized carbons (Fsp3) is 0.636. The van der Waals surface area contributed by atoms with Crippen molar-refractivity contribution in [1.29, 1.82) is 0 Å². The molecule has 0 fully saturated rings. The molecule has 0 unspecified atom stereocenters. The topological polar surface area (TPSA) is 119 Å². The molecule has 4 N–H and O–H groups in total. The first-order valence-corrected chi connectivity index (χ1v) is 7.56. The van der Waals surface area contributed by atoms with Crippen molar-refractivity contribution in [3.8, 4) is 0 Å². The molecule has 0 radical (unpaired) electrons. The van der Waals surface area contributed by atoms with Crippen molar-refractivity contribution in [2.75, 3.05) is 25.7 Å². The summed E-state index contributed by atoms with van der Waals surface area (Å²) in [6.45, 7) is 4.81. The number of hydrogen-bond acceptors (Lipinski definition) is 7. The molecule has 0 bridgehead atoms. The van der Waals surface area contributed by atoms with E-state index >= 15 is 0 Å². The second kappa shape index (κ2) is 6.93. The quantitative estimate of drug-likeness (QED) is 0.460. The summed E-state index contributed by atoms with van der Waals surface area (Å²) in [5.74, 6) is 5.28. The van der Waals surface area contributed by atoms with Crippen LogP contribution in [0.5, 0.6) is 0 Å². The Morgan fingerprint density at radius 2 is 1.95 bits per heavy atom. The van der Waals surface area contributed by atoms with Crippen LogP contribution >= 0.6 is 0 Å². The molecule has 8 nitrogen and oxygen atoms in total. The number of nitrogens with one attached hydrogen (secondary N) is 2. The SMILES string of the molecule is COCCC(C)(C)CNS(=O)(=O)c1cnc(NN)nc1. The summed E-state index contributed by atoms with van der Waals surface area (Å²) in [7, 11) is -2.01. The Balaban J connectivity index is 2.69. The number of nitrogen functional groups attached to an aromatic ring is 1. The molecule has 114 valence electrons. The summed E-state index contributed by atoms with van der Waals surface area (Å²) in [6.07, 6.45) is 3.15. The van der Waals surface area contributed by atoms with E-state index in [0.717, 1.165) is 6.42 Å². The van der Waals surface area contributed by atoms with Crippen LogP contribution in [0.3, 0.4) is 0 Å². The van der Waals surface area contributed by atoms with Gasteiger partial charge in [-0.05, 0) is 11.8 Å². The molecule has 9 heteroatoms. The Bertz CT molecular complexity index is 515. The Morgan fingerprint density at radius 1 is 1.35 bits per heavy atom. The van der Waals surface area contributed by atoms with Crippen LogP contribution in [0.4, 0.5) is 5.95 Å². The molecule has 0 aromatic carbocycles. The van der Waals surface area contributed by atoms with Crippen molar-refractivity contribution in [3.63, 3.8) is 0 Å². The summed E-state index contributed by atoms with van der Waals surface area (Å²) in [5, 5.41) is 0. The normalized spacial score (nSPS) is 12.4. The minimum atomic E-state index is -3.63. The van der Waals surface area contributed by atoms with Crippen molar-refractivity contribution in [1.82, 2.24) is 14.7 Å². The first-order chi connectivity index (χ1) is 9.30. The summed E-state index contributed by atoms with van der Waals surface area (Å²) < 4.78 is 31.7. The zero-order valence-corrected chi connectivity index (χ0v) is 12.7. The Morgan fingerprint density at radius 3 is 2.45 bits per heavy atom. The lowest BCUT2D eigenvalue weighted by Crippen LogP contribution is -2.34. The maximum absolute atomic E-state index is 12.1. The maximum atomic E-state index is 12.1. The fourth-order valence-corrected chi connectivity index (χ4v) is 2.50. The van der Waals surface area contributed by atoms with E-state index in [-0.39, 0.29) is 16.3 Å². The number of aromatic nitrogens is 2. The van der Waals surface area contributed by atoms with Gasteiger partial charge in [0.1, 0.15) is 4.90 Å². The van der Waals surface area contributed by atoms with Gasteiger partial charge in [0, 0.05) is 20.3 Å². The third-order valence-electron chi connectivity index (χ3n) is 2.79. The van der Waals surface area contributed by atoms with Crippen LogP contribution in [0.25, 0.3) is 0 Å². The lowest BCUT2D eigenvalue weighted by Gasteiger charge is -2.24. The number of hydrogen-bond donors (Lipinski definition) is 3. The number of nitrogens with zero attached hydrogens (tertiary/aromatic N) is 2. The van der Waals surface area contributed by atoms with E-state index in [0.29, 0.717) is 13.2 Å². The highest BCUT2D eigenvalue weighted by Gasteiger charge is 2.22. The number of hydrazine groups is 1. The molecule has 0 aliphatic heterocycles. The molecule has 0 spiro atoms. The zero-order chi connectivity index (χ0) is 15.2. The van der Waals surface area contributed by atoms with Gasteiger partial charge in [-0.2, -0.15) is 0 Å². The Labute approximate surface area is 119 Å². The monoisotopic (exact) mass is 303 g/mol. The molecule has 0 amide bonds. The first kappa shape index (κ1) is 16.8. The van der Waals surface area contributed by atoms with Crippen molar-refractivity contribution in [2.45, 2.75) is 25.2 Å². The highest BCUT2D eigenvalue weighted by molar-refractivity contribution is 7.89. The minimum Gasteiger partial charge on any atom is -0.385 e. The predicted octanol–water partition coefficient (Wildman–Crippen LogP) is 0.103. The first-order valence-electron chi connectivity index (χ1n) is 6.08. The van der Waals surface area contributed by atoms with E-state index in [2.05, 4.69) is 20.1 Å². The summed E-state index contributed by atoms with van der Waals surface area (Å²) in [6, 6.07) is 0. The van der Waals surface area contributed by atoms with Gasteiger partial charge in [-0.1, -0.05) is 13.8 Å². The summed E-state index contributed by atoms with van der Waals surface area (Å²) >= 11 is 0. The van der Waals surface area contributed by atoms with Crippen molar-refractivity contribution in [3.05, 3.63) is 12.4 Å². The molecule has 20 heavy (non-hydrogen) atoms. The van der Waals surface area contributed by atoms with E-state index in [1.165, 1.54) is 12.4 Å². The van der Waals surface area contributed by atoms with Crippen molar-refractivity contribution >= 4 is 16.0 Å². The number of sulfonamides is 1. The van der Waals surface area contributed by atoms with Crippen LogP contribution in [0, 0.1) is 5.41 Å². The highest BCUT2D eigenvalue weighted by Crippen LogP contribution is 2.20. The summed E-state index contributed by atoms with van der Waals surface area (Å²) in [4.78, 5) is 7.54. The second-order valence-electron chi connectivity index (χ2n) is 5.12. The van der Waals surface area contributed by atoms with E-state index in [1.54, 1.807) is 7.11 Å². The number of rotatable bonds is 8. The van der Waals surface area contributed by atoms with Gasteiger partial charge in [-0.3, -0.25) is 5.43 Å². The molecule has 0 atom stereocenters. The summed E-state index contributed by atoms with van der Waals surface area (Å²) in [5.41, 5.74) is 2.03. The van der Waals surface area contributed by atoms with Gasteiger partial charge in [0.15, 0.2) is 0 Å². The van der Waals surface area contributed by atoms with Crippen LogP contribution in [-0.2, 0) is 14.8 Å². The van der Waals surface area contributed by atoms with Crippen LogP contribution in [-0.4, -0.2) is 38.6 Å². The Hall–Kier alpha value is -1.29. The van der Waals surface area contributed by atoms with E-state index in [4.69, 9.17) is 10.6 Å².